The van der Waals surface area contributed by atoms with E-state index in [4.69, 9.17) is 0 Å². The number of rotatable bonds is 5. The fourth-order valence-electron chi connectivity index (χ4n) is 2.45. The van der Waals surface area contributed by atoms with Gasteiger partial charge in [0.1, 0.15) is 0 Å². The van der Waals surface area contributed by atoms with Crippen LogP contribution in [0.25, 0.3) is 0 Å². The summed E-state index contributed by atoms with van der Waals surface area (Å²) in [4.78, 5) is 0. The van der Waals surface area contributed by atoms with Gasteiger partial charge >= 0.3 is 0 Å². The molecular formula is C13H27NO2S. The molecule has 0 amide bonds. The lowest BCUT2D eigenvalue weighted by Crippen LogP contribution is -2.43. The SMILES string of the molecule is CC1CCCC(CNCC(C)(C)S(C)(=O)=O)C1. The zero-order valence-electron chi connectivity index (χ0n) is 11.6. The minimum atomic E-state index is -2.98. The Morgan fingerprint density at radius 2 is 1.94 bits per heavy atom. The van der Waals surface area contributed by atoms with E-state index in [-0.39, 0.29) is 0 Å². The van der Waals surface area contributed by atoms with Crippen LogP contribution in [-0.2, 0) is 9.84 Å². The maximum absolute atomic E-state index is 11.5. The monoisotopic (exact) mass is 261 g/mol. The molecule has 1 fully saturated rings. The van der Waals surface area contributed by atoms with E-state index in [9.17, 15) is 8.42 Å². The molecule has 3 nitrogen and oxygen atoms in total. The average molecular weight is 261 g/mol. The van der Waals surface area contributed by atoms with Gasteiger partial charge in [0, 0.05) is 12.8 Å². The summed E-state index contributed by atoms with van der Waals surface area (Å²) in [5.41, 5.74) is 0. The highest BCUT2D eigenvalue weighted by Crippen LogP contribution is 2.28. The minimum absolute atomic E-state index is 0.552. The Bertz CT molecular complexity index is 335. The Labute approximate surface area is 106 Å². The molecule has 0 bridgehead atoms. The van der Waals surface area contributed by atoms with Crippen molar-refractivity contribution in [2.75, 3.05) is 19.3 Å². The second kappa shape index (κ2) is 5.70. The van der Waals surface area contributed by atoms with Crippen molar-refractivity contribution < 1.29 is 8.42 Å². The van der Waals surface area contributed by atoms with E-state index in [1.807, 2.05) is 0 Å². The maximum atomic E-state index is 11.5. The van der Waals surface area contributed by atoms with Gasteiger partial charge in [0.25, 0.3) is 0 Å². The zero-order valence-corrected chi connectivity index (χ0v) is 12.4. The highest BCUT2D eigenvalue weighted by Gasteiger charge is 2.30. The van der Waals surface area contributed by atoms with Crippen LogP contribution in [0.1, 0.15) is 46.5 Å². The van der Waals surface area contributed by atoms with Crippen LogP contribution >= 0.6 is 0 Å². The number of nitrogens with one attached hydrogen (secondary N) is 1. The molecule has 102 valence electrons. The Morgan fingerprint density at radius 3 is 2.47 bits per heavy atom. The first-order valence-corrected chi connectivity index (χ1v) is 8.52. The van der Waals surface area contributed by atoms with Crippen molar-refractivity contribution in [3.05, 3.63) is 0 Å². The lowest BCUT2D eigenvalue weighted by atomic mass is 9.82. The van der Waals surface area contributed by atoms with Crippen LogP contribution in [0.5, 0.6) is 0 Å². The smallest absolute Gasteiger partial charge is 0.153 e. The Hall–Kier alpha value is -0.0900. The highest BCUT2D eigenvalue weighted by molar-refractivity contribution is 7.92. The highest BCUT2D eigenvalue weighted by atomic mass is 32.2. The second-order valence-corrected chi connectivity index (χ2v) is 8.95. The third kappa shape index (κ3) is 4.59. The molecule has 1 aliphatic carbocycles. The second-order valence-electron chi connectivity index (χ2n) is 6.30. The summed E-state index contributed by atoms with van der Waals surface area (Å²) in [6.07, 6.45) is 6.56. The Kier molecular flexibility index (Phi) is 5.02. The predicted molar refractivity (Wildman–Crippen MR) is 72.9 cm³/mol. The summed E-state index contributed by atoms with van der Waals surface area (Å²) < 4.78 is 22.4. The summed E-state index contributed by atoms with van der Waals surface area (Å²) in [5, 5.41) is 3.34. The number of hydrogen-bond donors (Lipinski definition) is 1. The summed E-state index contributed by atoms with van der Waals surface area (Å²) in [6, 6.07) is 0. The van der Waals surface area contributed by atoms with Crippen molar-refractivity contribution in [1.29, 1.82) is 0 Å². The van der Waals surface area contributed by atoms with Crippen molar-refractivity contribution in [3.63, 3.8) is 0 Å². The van der Waals surface area contributed by atoms with E-state index in [0.29, 0.717) is 6.54 Å². The first-order valence-electron chi connectivity index (χ1n) is 6.62. The predicted octanol–water partition coefficient (Wildman–Crippen LogP) is 2.23. The van der Waals surface area contributed by atoms with Gasteiger partial charge in [-0.05, 0) is 45.1 Å². The molecule has 0 saturated heterocycles. The van der Waals surface area contributed by atoms with Gasteiger partial charge in [0.05, 0.1) is 4.75 Å². The maximum Gasteiger partial charge on any atom is 0.153 e. The van der Waals surface area contributed by atoms with E-state index in [2.05, 4.69) is 12.2 Å². The largest absolute Gasteiger partial charge is 0.315 e. The van der Waals surface area contributed by atoms with Crippen molar-refractivity contribution in [1.82, 2.24) is 5.32 Å². The Morgan fingerprint density at radius 1 is 1.29 bits per heavy atom. The van der Waals surface area contributed by atoms with Crippen LogP contribution in [0.3, 0.4) is 0 Å². The fourth-order valence-corrected chi connectivity index (χ4v) is 2.82. The lowest BCUT2D eigenvalue weighted by Gasteiger charge is -2.29. The quantitative estimate of drug-likeness (QED) is 0.825. The molecule has 0 aliphatic heterocycles. The molecule has 1 aliphatic rings. The molecule has 0 spiro atoms. The third-order valence-electron chi connectivity index (χ3n) is 4.03. The van der Waals surface area contributed by atoms with E-state index in [1.165, 1.54) is 31.9 Å². The molecule has 0 aromatic heterocycles. The molecule has 0 aromatic carbocycles. The van der Waals surface area contributed by atoms with Gasteiger partial charge in [-0.25, -0.2) is 8.42 Å². The topological polar surface area (TPSA) is 46.2 Å². The molecule has 1 rings (SSSR count). The summed E-state index contributed by atoms with van der Waals surface area (Å²) in [5.74, 6) is 1.56. The molecule has 1 saturated carbocycles. The van der Waals surface area contributed by atoms with Crippen molar-refractivity contribution in [2.24, 2.45) is 11.8 Å². The Balaban J connectivity index is 2.32. The fraction of sp³-hybridized carbons (Fsp3) is 1.00. The minimum Gasteiger partial charge on any atom is -0.315 e. The van der Waals surface area contributed by atoms with Gasteiger partial charge in [0.2, 0.25) is 0 Å². The molecule has 0 heterocycles. The standard InChI is InChI=1S/C13H27NO2S/c1-11-6-5-7-12(8-11)9-14-10-13(2,3)17(4,15)16/h11-12,14H,5-10H2,1-4H3. The summed E-state index contributed by atoms with van der Waals surface area (Å²) in [7, 11) is -2.98. The third-order valence-corrected chi connectivity index (χ3v) is 6.18. The first kappa shape index (κ1) is 15.0. The zero-order chi connectivity index (χ0) is 13.1. The van der Waals surface area contributed by atoms with Gasteiger partial charge in [-0.2, -0.15) is 0 Å². The van der Waals surface area contributed by atoms with Crippen LogP contribution < -0.4 is 5.32 Å². The van der Waals surface area contributed by atoms with Crippen molar-refractivity contribution in [3.8, 4) is 0 Å². The van der Waals surface area contributed by atoms with E-state index < -0.39 is 14.6 Å². The molecule has 1 N–H and O–H groups in total. The van der Waals surface area contributed by atoms with Gasteiger partial charge in [-0.3, -0.25) is 0 Å². The lowest BCUT2D eigenvalue weighted by molar-refractivity contribution is 0.273. The van der Waals surface area contributed by atoms with Crippen LogP contribution in [0.15, 0.2) is 0 Å². The van der Waals surface area contributed by atoms with Crippen LogP contribution in [-0.4, -0.2) is 32.5 Å². The van der Waals surface area contributed by atoms with E-state index in [0.717, 1.165) is 18.4 Å². The van der Waals surface area contributed by atoms with Crippen LogP contribution in [0, 0.1) is 11.8 Å². The molecule has 0 radical (unpaired) electrons. The van der Waals surface area contributed by atoms with Gasteiger partial charge in [-0.15, -0.1) is 0 Å². The average Bonchev–Trinajstić information content (AvgIpc) is 2.15. The van der Waals surface area contributed by atoms with Crippen molar-refractivity contribution >= 4 is 9.84 Å². The molecule has 2 unspecified atom stereocenters. The number of hydrogen-bond acceptors (Lipinski definition) is 3. The van der Waals surface area contributed by atoms with Gasteiger partial charge in [-0.1, -0.05) is 19.8 Å². The van der Waals surface area contributed by atoms with E-state index in [1.54, 1.807) is 13.8 Å². The van der Waals surface area contributed by atoms with Crippen LogP contribution in [0.4, 0.5) is 0 Å². The van der Waals surface area contributed by atoms with Gasteiger partial charge in [0.15, 0.2) is 9.84 Å². The number of sulfone groups is 1. The molecule has 17 heavy (non-hydrogen) atoms. The molecule has 0 aromatic rings. The van der Waals surface area contributed by atoms with Gasteiger partial charge < -0.3 is 5.32 Å². The summed E-state index contributed by atoms with van der Waals surface area (Å²) in [6.45, 7) is 7.41. The van der Waals surface area contributed by atoms with Crippen LogP contribution in [0.2, 0.25) is 0 Å². The normalized spacial score (nSPS) is 27.1. The van der Waals surface area contributed by atoms with Crippen molar-refractivity contribution in [2.45, 2.75) is 51.2 Å². The summed E-state index contributed by atoms with van der Waals surface area (Å²) >= 11 is 0. The first-order chi connectivity index (χ1) is 7.72. The molecular weight excluding hydrogens is 234 g/mol. The van der Waals surface area contributed by atoms with E-state index >= 15 is 0 Å². The molecule has 4 heteroatoms. The molecule has 2 atom stereocenters.